The van der Waals surface area contributed by atoms with E-state index in [0.717, 1.165) is 23.1 Å². The van der Waals surface area contributed by atoms with Gasteiger partial charge >= 0.3 is 18.2 Å². The fourth-order valence-electron chi connectivity index (χ4n) is 2.34. The molecular weight excluding hydrogens is 382 g/mol. The number of carbonyl (C=O) groups is 2. The smallest absolute Gasteiger partial charge is 0.330 e. The molecule has 29 heavy (non-hydrogen) atoms. The van der Waals surface area contributed by atoms with Crippen molar-refractivity contribution in [3.63, 3.8) is 0 Å². The van der Waals surface area contributed by atoms with E-state index < -0.39 is 24.1 Å². The Hall–Kier alpha value is -3.73. The number of rotatable bonds is 7. The summed E-state index contributed by atoms with van der Waals surface area (Å²) in [5.74, 6) is -2.46. The molecule has 0 aromatic heterocycles. The predicted octanol–water partition coefficient (Wildman–Crippen LogP) is 3.61. The SMILES string of the molecule is CCOC(=O)/C=C/c1cc(F)cc(N(C)C(=O)C(F)Oc2ccccc2C#N)c1. The molecule has 0 aliphatic heterocycles. The fraction of sp³-hybridized carbons (Fsp3) is 0.190. The average molecular weight is 400 g/mol. The molecular formula is C21H18F2N2O4. The van der Waals surface area contributed by atoms with Crippen LogP contribution in [0, 0.1) is 17.1 Å². The van der Waals surface area contributed by atoms with Gasteiger partial charge in [-0.2, -0.15) is 9.65 Å². The van der Waals surface area contributed by atoms with E-state index in [-0.39, 0.29) is 29.2 Å². The average Bonchev–Trinajstić information content (AvgIpc) is 2.71. The van der Waals surface area contributed by atoms with Crippen molar-refractivity contribution in [3.8, 4) is 11.8 Å². The minimum atomic E-state index is -2.41. The highest BCUT2D eigenvalue weighted by Crippen LogP contribution is 2.22. The summed E-state index contributed by atoms with van der Waals surface area (Å²) in [6.45, 7) is 1.85. The number of benzene rings is 2. The molecule has 150 valence electrons. The van der Waals surface area contributed by atoms with Crippen LogP contribution in [0.3, 0.4) is 0 Å². The third-order valence-electron chi connectivity index (χ3n) is 3.75. The van der Waals surface area contributed by atoms with E-state index in [2.05, 4.69) is 0 Å². The van der Waals surface area contributed by atoms with Crippen molar-refractivity contribution < 1.29 is 27.8 Å². The minimum absolute atomic E-state index is 0.0540. The molecule has 0 fully saturated rings. The summed E-state index contributed by atoms with van der Waals surface area (Å²) < 4.78 is 38.0. The molecule has 8 heteroatoms. The van der Waals surface area contributed by atoms with Gasteiger partial charge < -0.3 is 14.4 Å². The van der Waals surface area contributed by atoms with E-state index in [4.69, 9.17) is 14.7 Å². The number of likely N-dealkylation sites (N-methyl/N-ethyl adjacent to an activating group) is 1. The molecule has 2 rings (SSSR count). The predicted molar refractivity (Wildman–Crippen MR) is 102 cm³/mol. The lowest BCUT2D eigenvalue weighted by Crippen LogP contribution is -2.37. The van der Waals surface area contributed by atoms with Gasteiger partial charge in [-0.3, -0.25) is 4.79 Å². The Bertz CT molecular complexity index is 969. The van der Waals surface area contributed by atoms with Gasteiger partial charge in [-0.1, -0.05) is 12.1 Å². The number of para-hydroxylation sites is 1. The lowest BCUT2D eigenvalue weighted by molar-refractivity contribution is -0.137. The molecule has 1 atom stereocenters. The Morgan fingerprint density at radius 3 is 2.69 bits per heavy atom. The lowest BCUT2D eigenvalue weighted by Gasteiger charge is -2.21. The number of nitriles is 1. The first kappa shape index (κ1) is 21.6. The topological polar surface area (TPSA) is 79.6 Å². The van der Waals surface area contributed by atoms with Crippen molar-refractivity contribution in [3.05, 3.63) is 65.5 Å². The number of esters is 1. The highest BCUT2D eigenvalue weighted by molar-refractivity contribution is 5.96. The molecule has 0 aliphatic rings. The van der Waals surface area contributed by atoms with Crippen LogP contribution in [0.1, 0.15) is 18.1 Å². The summed E-state index contributed by atoms with van der Waals surface area (Å²) in [6, 6.07) is 11.3. The number of carbonyl (C=O) groups excluding carboxylic acids is 2. The maximum atomic E-state index is 14.4. The number of hydrogen-bond donors (Lipinski definition) is 0. The Balaban J connectivity index is 2.18. The van der Waals surface area contributed by atoms with Gasteiger partial charge in [-0.25, -0.2) is 9.18 Å². The molecule has 2 aromatic carbocycles. The highest BCUT2D eigenvalue weighted by Gasteiger charge is 2.25. The second-order valence-corrected chi connectivity index (χ2v) is 5.77. The molecule has 0 saturated heterocycles. The van der Waals surface area contributed by atoms with Gasteiger partial charge in [-0.15, -0.1) is 0 Å². The van der Waals surface area contributed by atoms with Crippen molar-refractivity contribution in [1.29, 1.82) is 5.26 Å². The van der Waals surface area contributed by atoms with Crippen LogP contribution < -0.4 is 9.64 Å². The van der Waals surface area contributed by atoms with Crippen molar-refractivity contribution in [1.82, 2.24) is 0 Å². The molecule has 0 radical (unpaired) electrons. The summed E-state index contributed by atoms with van der Waals surface area (Å²) in [5, 5.41) is 9.01. The monoisotopic (exact) mass is 400 g/mol. The molecule has 1 amide bonds. The second-order valence-electron chi connectivity index (χ2n) is 5.77. The molecule has 0 aliphatic carbocycles. The largest absolute Gasteiger partial charge is 0.463 e. The summed E-state index contributed by atoms with van der Waals surface area (Å²) in [7, 11) is 1.25. The van der Waals surface area contributed by atoms with Gasteiger partial charge in [0.25, 0.3) is 0 Å². The van der Waals surface area contributed by atoms with Crippen LogP contribution in [-0.2, 0) is 14.3 Å². The number of anilines is 1. The van der Waals surface area contributed by atoms with Gasteiger partial charge in [-0.05, 0) is 48.9 Å². The first-order valence-electron chi connectivity index (χ1n) is 8.58. The molecule has 0 N–H and O–H groups in total. The van der Waals surface area contributed by atoms with Crippen molar-refractivity contribution >= 4 is 23.6 Å². The van der Waals surface area contributed by atoms with E-state index in [1.54, 1.807) is 13.0 Å². The van der Waals surface area contributed by atoms with Gasteiger partial charge in [0.2, 0.25) is 0 Å². The van der Waals surface area contributed by atoms with Crippen molar-refractivity contribution in [2.75, 3.05) is 18.6 Å². The van der Waals surface area contributed by atoms with E-state index in [1.807, 2.05) is 6.07 Å². The number of alkyl halides is 1. The van der Waals surface area contributed by atoms with E-state index >= 15 is 0 Å². The van der Waals surface area contributed by atoms with E-state index in [0.29, 0.717) is 0 Å². The first-order chi connectivity index (χ1) is 13.8. The minimum Gasteiger partial charge on any atom is -0.463 e. The summed E-state index contributed by atoms with van der Waals surface area (Å²) >= 11 is 0. The maximum Gasteiger partial charge on any atom is 0.330 e. The fourth-order valence-corrected chi connectivity index (χ4v) is 2.34. The molecule has 0 heterocycles. The molecule has 0 spiro atoms. The van der Waals surface area contributed by atoms with Crippen LogP contribution in [0.4, 0.5) is 14.5 Å². The number of nitrogens with zero attached hydrogens (tertiary/aromatic N) is 2. The number of halogens is 2. The van der Waals surface area contributed by atoms with Gasteiger partial charge in [0.05, 0.1) is 12.2 Å². The molecule has 6 nitrogen and oxygen atoms in total. The zero-order valence-electron chi connectivity index (χ0n) is 15.8. The molecule has 0 bridgehead atoms. The van der Waals surface area contributed by atoms with Crippen LogP contribution in [0.2, 0.25) is 0 Å². The van der Waals surface area contributed by atoms with Gasteiger partial charge in [0, 0.05) is 18.8 Å². The third-order valence-corrected chi connectivity index (χ3v) is 3.75. The maximum absolute atomic E-state index is 14.4. The number of hydrogen-bond acceptors (Lipinski definition) is 5. The summed E-state index contributed by atoms with van der Waals surface area (Å²) in [4.78, 5) is 24.6. The zero-order chi connectivity index (χ0) is 21.4. The normalized spacial score (nSPS) is 11.6. The van der Waals surface area contributed by atoms with Crippen molar-refractivity contribution in [2.45, 2.75) is 13.3 Å². The van der Waals surface area contributed by atoms with E-state index in [9.17, 15) is 18.4 Å². The quantitative estimate of drug-likeness (QED) is 0.524. The zero-order valence-corrected chi connectivity index (χ0v) is 15.8. The first-order valence-corrected chi connectivity index (χ1v) is 8.58. The van der Waals surface area contributed by atoms with Crippen LogP contribution in [0.5, 0.6) is 5.75 Å². The Morgan fingerprint density at radius 2 is 2.00 bits per heavy atom. The lowest BCUT2D eigenvalue weighted by atomic mass is 10.1. The van der Waals surface area contributed by atoms with Crippen molar-refractivity contribution in [2.24, 2.45) is 0 Å². The van der Waals surface area contributed by atoms with Gasteiger partial charge in [0.15, 0.2) is 0 Å². The van der Waals surface area contributed by atoms with Gasteiger partial charge in [0.1, 0.15) is 17.6 Å². The molecule has 1 unspecified atom stereocenters. The molecule has 0 saturated carbocycles. The van der Waals surface area contributed by atoms with Crippen LogP contribution >= 0.6 is 0 Å². The highest BCUT2D eigenvalue weighted by atomic mass is 19.1. The van der Waals surface area contributed by atoms with E-state index in [1.165, 1.54) is 37.4 Å². The number of ether oxygens (including phenoxy) is 2. The van der Waals surface area contributed by atoms with Crippen LogP contribution in [0.15, 0.2) is 48.5 Å². The Labute approximate surface area is 166 Å². The third kappa shape index (κ3) is 5.87. The Morgan fingerprint density at radius 1 is 1.28 bits per heavy atom. The Kier molecular flexibility index (Phi) is 7.43. The summed E-state index contributed by atoms with van der Waals surface area (Å²) in [5.41, 5.74) is 0.403. The summed E-state index contributed by atoms with van der Waals surface area (Å²) in [6.07, 6.45) is 0.0236. The number of amides is 1. The standard InChI is InChI=1S/C21H18F2N2O4/c1-3-28-19(26)9-8-14-10-16(22)12-17(11-14)25(2)21(27)20(23)29-18-7-5-4-6-15(18)13-24/h4-12,20H,3H2,1-2H3/b9-8+. The van der Waals surface area contributed by atoms with Crippen LogP contribution in [0.25, 0.3) is 6.08 Å². The second kappa shape index (κ2) is 9.99. The van der Waals surface area contributed by atoms with Crippen LogP contribution in [-0.4, -0.2) is 31.9 Å². The molecule has 2 aromatic rings.